The monoisotopic (exact) mass is 440 g/mol. The summed E-state index contributed by atoms with van der Waals surface area (Å²) < 4.78 is 7.45. The number of nitrogen functional groups attached to an aromatic ring is 2. The molecule has 4 rings (SSSR count). The first-order chi connectivity index (χ1) is 14.9. The van der Waals surface area contributed by atoms with Crippen molar-refractivity contribution in [3.8, 4) is 0 Å². The van der Waals surface area contributed by atoms with Crippen molar-refractivity contribution in [3.05, 3.63) is 109 Å². The number of anilines is 2. The summed E-state index contributed by atoms with van der Waals surface area (Å²) in [4.78, 5) is 0. The maximum atomic E-state index is 7.45. The van der Waals surface area contributed by atoms with Crippen molar-refractivity contribution >= 4 is 48.8 Å². The number of hydrogen-bond acceptors (Lipinski definition) is 3. The number of rotatable bonds is 6. The molecule has 0 radical (unpaired) electrons. The second-order valence-corrected chi connectivity index (χ2v) is 15.4. The third-order valence-electron chi connectivity index (χ3n) is 5.93. The quantitative estimate of drug-likeness (QED) is 0.358. The van der Waals surface area contributed by atoms with Gasteiger partial charge in [-0.2, -0.15) is 0 Å². The third kappa shape index (κ3) is 4.21. The molecule has 2 atom stereocenters. The fraction of sp³-hybridized carbons (Fsp3) is 0.0769. The van der Waals surface area contributed by atoms with Crippen molar-refractivity contribution in [2.45, 2.75) is 13.1 Å². The van der Waals surface area contributed by atoms with Crippen LogP contribution < -0.4 is 32.2 Å². The molecule has 0 saturated heterocycles. The average molecular weight is 441 g/mol. The van der Waals surface area contributed by atoms with E-state index >= 15 is 0 Å². The molecule has 4 N–H and O–H groups in total. The fourth-order valence-electron chi connectivity index (χ4n) is 4.16. The topological polar surface area (TPSA) is 61.3 Å². The second-order valence-electron chi connectivity index (χ2n) is 8.15. The molecule has 0 aliphatic heterocycles. The van der Waals surface area contributed by atoms with Gasteiger partial charge < -0.3 is 15.6 Å². The highest BCUT2D eigenvalue weighted by atomic mass is 28.4. The molecule has 5 heteroatoms. The van der Waals surface area contributed by atoms with Gasteiger partial charge >= 0.3 is 0 Å². The van der Waals surface area contributed by atoms with Crippen LogP contribution in [0.2, 0.25) is 13.1 Å². The molecule has 0 saturated carbocycles. The highest BCUT2D eigenvalue weighted by molar-refractivity contribution is 7.08. The Balaban J connectivity index is 1.94. The Hall–Kier alpha value is -3.13. The Bertz CT molecular complexity index is 1080. The molecule has 0 spiro atoms. The summed E-state index contributed by atoms with van der Waals surface area (Å²) >= 11 is 0. The van der Waals surface area contributed by atoms with Crippen LogP contribution in [0.1, 0.15) is 0 Å². The van der Waals surface area contributed by atoms with Crippen molar-refractivity contribution in [2.75, 3.05) is 11.5 Å². The molecule has 2 unspecified atom stereocenters. The molecule has 156 valence electrons. The molecule has 0 aliphatic carbocycles. The van der Waals surface area contributed by atoms with Gasteiger partial charge in [-0.15, -0.1) is 0 Å². The third-order valence-corrected chi connectivity index (χ3v) is 14.9. The SMILES string of the molecule is C[Si](O[Si](C)(c1ccccc1)c1cccc(N)c1)(c1ccccc1)c1cccc(N)c1. The van der Waals surface area contributed by atoms with Gasteiger partial charge in [-0.1, -0.05) is 84.9 Å². The molecule has 3 nitrogen and oxygen atoms in total. The Morgan fingerprint density at radius 1 is 0.484 bits per heavy atom. The fourth-order valence-corrected chi connectivity index (χ4v) is 13.3. The molecular weight excluding hydrogens is 412 g/mol. The van der Waals surface area contributed by atoms with Gasteiger partial charge in [-0.05, 0) is 58.1 Å². The van der Waals surface area contributed by atoms with Crippen LogP contribution in [0.25, 0.3) is 0 Å². The van der Waals surface area contributed by atoms with Gasteiger partial charge in [0.05, 0.1) is 0 Å². The lowest BCUT2D eigenvalue weighted by Crippen LogP contribution is -2.70. The predicted molar refractivity (Wildman–Crippen MR) is 137 cm³/mol. The maximum Gasteiger partial charge on any atom is 0.242 e. The summed E-state index contributed by atoms with van der Waals surface area (Å²) in [6.07, 6.45) is 0. The maximum absolute atomic E-state index is 7.45. The lowest BCUT2D eigenvalue weighted by molar-refractivity contribution is 0.587. The van der Waals surface area contributed by atoms with Gasteiger partial charge in [0.15, 0.2) is 0 Å². The van der Waals surface area contributed by atoms with E-state index in [0.29, 0.717) is 0 Å². The van der Waals surface area contributed by atoms with Crippen LogP contribution in [-0.4, -0.2) is 16.6 Å². The number of hydrogen-bond donors (Lipinski definition) is 2. The van der Waals surface area contributed by atoms with Crippen LogP contribution in [0.4, 0.5) is 11.4 Å². The molecule has 0 aromatic heterocycles. The summed E-state index contributed by atoms with van der Waals surface area (Å²) in [7, 11) is -5.22. The second kappa shape index (κ2) is 8.55. The largest absolute Gasteiger partial charge is 0.442 e. The minimum atomic E-state index is -2.61. The van der Waals surface area contributed by atoms with Crippen LogP contribution in [0.3, 0.4) is 0 Å². The molecule has 31 heavy (non-hydrogen) atoms. The van der Waals surface area contributed by atoms with Crippen molar-refractivity contribution < 1.29 is 4.12 Å². The van der Waals surface area contributed by atoms with Gasteiger partial charge in [-0.25, -0.2) is 0 Å². The van der Waals surface area contributed by atoms with Crippen LogP contribution >= 0.6 is 0 Å². The normalized spacial score (nSPS) is 15.0. The zero-order chi connectivity index (χ0) is 21.9. The van der Waals surface area contributed by atoms with E-state index < -0.39 is 16.6 Å². The first-order valence-corrected chi connectivity index (χ1v) is 15.3. The summed E-state index contributed by atoms with van der Waals surface area (Å²) in [6.45, 7) is 4.55. The van der Waals surface area contributed by atoms with E-state index in [1.807, 2.05) is 36.4 Å². The predicted octanol–water partition coefficient (Wildman–Crippen LogP) is 2.95. The molecule has 0 fully saturated rings. The standard InChI is InChI=1S/C26H28N2OSi2/c1-30(23-13-5-3-6-14-23,25-17-9-11-21(27)19-25)29-31(2,24-15-7-4-8-16-24)26-18-10-12-22(28)20-26/h3-20H,27-28H2,1-2H3. The molecule has 0 bridgehead atoms. The van der Waals surface area contributed by atoms with Crippen LogP contribution in [0.5, 0.6) is 0 Å². The van der Waals surface area contributed by atoms with Crippen molar-refractivity contribution in [3.63, 3.8) is 0 Å². The zero-order valence-corrected chi connectivity index (χ0v) is 20.0. The van der Waals surface area contributed by atoms with Gasteiger partial charge in [0, 0.05) is 11.4 Å². The van der Waals surface area contributed by atoms with Crippen molar-refractivity contribution in [1.29, 1.82) is 0 Å². The summed E-state index contributed by atoms with van der Waals surface area (Å²) in [5.41, 5.74) is 13.9. The molecule has 0 heterocycles. The van der Waals surface area contributed by atoms with E-state index in [-0.39, 0.29) is 0 Å². The highest BCUT2D eigenvalue weighted by Crippen LogP contribution is 2.18. The van der Waals surface area contributed by atoms with Crippen molar-refractivity contribution in [2.24, 2.45) is 0 Å². The molecule has 0 aliphatic rings. The zero-order valence-electron chi connectivity index (χ0n) is 18.0. The highest BCUT2D eigenvalue weighted by Gasteiger charge is 2.45. The minimum Gasteiger partial charge on any atom is -0.442 e. The van der Waals surface area contributed by atoms with Gasteiger partial charge in [-0.3, -0.25) is 0 Å². The van der Waals surface area contributed by atoms with E-state index in [0.717, 1.165) is 21.7 Å². The smallest absolute Gasteiger partial charge is 0.242 e. The van der Waals surface area contributed by atoms with E-state index in [1.54, 1.807) is 0 Å². The van der Waals surface area contributed by atoms with E-state index in [4.69, 9.17) is 15.6 Å². The summed E-state index contributed by atoms with van der Waals surface area (Å²) in [5, 5.41) is 4.77. The first kappa shape index (κ1) is 21.1. The van der Waals surface area contributed by atoms with Gasteiger partial charge in [0.25, 0.3) is 0 Å². The van der Waals surface area contributed by atoms with Gasteiger partial charge in [0.1, 0.15) is 0 Å². The average Bonchev–Trinajstić information content (AvgIpc) is 2.80. The Kier molecular flexibility index (Phi) is 5.82. The first-order valence-electron chi connectivity index (χ1n) is 10.4. The van der Waals surface area contributed by atoms with Crippen LogP contribution in [-0.2, 0) is 4.12 Å². The van der Waals surface area contributed by atoms with Crippen LogP contribution in [0, 0.1) is 0 Å². The molecular formula is C26H28N2OSi2. The number of nitrogens with two attached hydrogens (primary N) is 2. The van der Waals surface area contributed by atoms with E-state index in [1.165, 1.54) is 10.4 Å². The number of benzene rings is 4. The molecule has 4 aromatic carbocycles. The van der Waals surface area contributed by atoms with E-state index in [2.05, 4.69) is 85.9 Å². The van der Waals surface area contributed by atoms with Crippen molar-refractivity contribution in [1.82, 2.24) is 0 Å². The Morgan fingerprint density at radius 2 is 0.839 bits per heavy atom. The summed E-state index contributed by atoms with van der Waals surface area (Å²) in [5.74, 6) is 0. The van der Waals surface area contributed by atoms with E-state index in [9.17, 15) is 0 Å². The Morgan fingerprint density at radius 3 is 1.19 bits per heavy atom. The van der Waals surface area contributed by atoms with Gasteiger partial charge in [0.2, 0.25) is 16.6 Å². The summed E-state index contributed by atoms with van der Waals surface area (Å²) in [6, 6.07) is 37.4. The molecule has 4 aromatic rings. The molecule has 0 amide bonds. The van der Waals surface area contributed by atoms with Crippen LogP contribution in [0.15, 0.2) is 109 Å². The lowest BCUT2D eigenvalue weighted by Gasteiger charge is -2.39. The Labute approximate surface area is 186 Å². The lowest BCUT2D eigenvalue weighted by atomic mass is 10.3. The minimum absolute atomic E-state index is 0.753.